The highest BCUT2D eigenvalue weighted by molar-refractivity contribution is 7.91. The first kappa shape index (κ1) is 15.9. The average molecular weight is 316 g/mol. The molecule has 1 heterocycles. The van der Waals surface area contributed by atoms with Crippen LogP contribution in [0.5, 0.6) is 0 Å². The Labute approximate surface area is 126 Å². The van der Waals surface area contributed by atoms with Crippen molar-refractivity contribution in [3.63, 3.8) is 0 Å². The van der Waals surface area contributed by atoms with E-state index in [9.17, 15) is 8.42 Å². The van der Waals surface area contributed by atoms with Gasteiger partial charge in [-0.05, 0) is 37.8 Å². The maximum atomic E-state index is 12.6. The molecule has 0 aliphatic heterocycles. The zero-order chi connectivity index (χ0) is 14.9. The van der Waals surface area contributed by atoms with Crippen LogP contribution >= 0.6 is 11.3 Å². The SMILES string of the molecule is CC(C)C(C)N(C)S(=O)(=O)c1ccc(CNC2CC2)s1. The standard InChI is InChI=1S/C14H24N2O2S2/c1-10(2)11(3)16(4)20(17,18)14-8-7-13(19-14)9-15-12-5-6-12/h7-8,10-12,15H,5-6,9H2,1-4H3. The molecule has 0 radical (unpaired) electrons. The molecule has 20 heavy (non-hydrogen) atoms. The van der Waals surface area contributed by atoms with Crippen LogP contribution in [0.2, 0.25) is 0 Å². The number of nitrogens with zero attached hydrogens (tertiary/aromatic N) is 1. The van der Waals surface area contributed by atoms with Gasteiger partial charge in [0.25, 0.3) is 10.0 Å². The Bertz CT molecular complexity index is 547. The molecular weight excluding hydrogens is 292 g/mol. The molecule has 1 aromatic heterocycles. The maximum absolute atomic E-state index is 12.6. The molecule has 1 aliphatic carbocycles. The van der Waals surface area contributed by atoms with E-state index in [0.717, 1.165) is 11.4 Å². The van der Waals surface area contributed by atoms with Crippen LogP contribution in [0.4, 0.5) is 0 Å². The molecule has 0 amide bonds. The highest BCUT2D eigenvalue weighted by Gasteiger charge is 2.28. The maximum Gasteiger partial charge on any atom is 0.252 e. The minimum Gasteiger partial charge on any atom is -0.309 e. The normalized spacial score (nSPS) is 17.9. The molecule has 1 N–H and O–H groups in total. The van der Waals surface area contributed by atoms with Gasteiger partial charge in [0.15, 0.2) is 0 Å². The average Bonchev–Trinajstić information content (AvgIpc) is 3.10. The second-order valence-corrected chi connectivity index (χ2v) is 9.27. The van der Waals surface area contributed by atoms with Crippen molar-refractivity contribution in [2.45, 2.75) is 56.5 Å². The van der Waals surface area contributed by atoms with Crippen LogP contribution in [-0.4, -0.2) is 31.9 Å². The highest BCUT2D eigenvalue weighted by atomic mass is 32.2. The molecular formula is C14H24N2O2S2. The van der Waals surface area contributed by atoms with Gasteiger partial charge in [-0.3, -0.25) is 0 Å². The fourth-order valence-corrected chi connectivity index (χ4v) is 4.89. The first-order chi connectivity index (χ1) is 9.32. The van der Waals surface area contributed by atoms with Gasteiger partial charge in [-0.15, -0.1) is 11.3 Å². The Balaban J connectivity index is 2.08. The molecule has 1 fully saturated rings. The van der Waals surface area contributed by atoms with Crippen LogP contribution in [0.15, 0.2) is 16.3 Å². The third-order valence-electron chi connectivity index (χ3n) is 3.95. The van der Waals surface area contributed by atoms with Crippen LogP contribution in [0.1, 0.15) is 38.5 Å². The topological polar surface area (TPSA) is 49.4 Å². The van der Waals surface area contributed by atoms with Crippen LogP contribution in [0, 0.1) is 5.92 Å². The molecule has 1 unspecified atom stereocenters. The molecule has 0 aromatic carbocycles. The van der Waals surface area contributed by atoms with Gasteiger partial charge in [0.05, 0.1) is 0 Å². The van der Waals surface area contributed by atoms with Gasteiger partial charge in [-0.1, -0.05) is 13.8 Å². The fraction of sp³-hybridized carbons (Fsp3) is 0.714. The van der Waals surface area contributed by atoms with Crippen LogP contribution < -0.4 is 5.32 Å². The lowest BCUT2D eigenvalue weighted by Crippen LogP contribution is -2.37. The zero-order valence-corrected chi connectivity index (χ0v) is 14.2. The summed E-state index contributed by atoms with van der Waals surface area (Å²) in [6.45, 7) is 6.80. The third kappa shape index (κ3) is 3.61. The second-order valence-electron chi connectivity index (χ2n) is 5.88. The number of hydrogen-bond acceptors (Lipinski definition) is 4. The van der Waals surface area contributed by atoms with E-state index in [1.165, 1.54) is 28.5 Å². The summed E-state index contributed by atoms with van der Waals surface area (Å²) in [6.07, 6.45) is 2.48. The second kappa shape index (κ2) is 6.13. The molecule has 6 heteroatoms. The van der Waals surface area contributed by atoms with Gasteiger partial charge in [0.2, 0.25) is 0 Å². The quantitative estimate of drug-likeness (QED) is 0.841. The smallest absolute Gasteiger partial charge is 0.252 e. The molecule has 0 bridgehead atoms. The number of sulfonamides is 1. The van der Waals surface area contributed by atoms with Crippen LogP contribution in [-0.2, 0) is 16.6 Å². The van der Waals surface area contributed by atoms with Crippen molar-refractivity contribution < 1.29 is 8.42 Å². The predicted molar refractivity (Wildman–Crippen MR) is 83.4 cm³/mol. The summed E-state index contributed by atoms with van der Waals surface area (Å²) in [6, 6.07) is 4.28. The van der Waals surface area contributed by atoms with Gasteiger partial charge in [0.1, 0.15) is 4.21 Å². The largest absolute Gasteiger partial charge is 0.309 e. The summed E-state index contributed by atoms with van der Waals surface area (Å²) < 4.78 is 27.0. The number of thiophene rings is 1. The van der Waals surface area contributed by atoms with Gasteiger partial charge >= 0.3 is 0 Å². The van der Waals surface area contributed by atoms with E-state index in [1.54, 1.807) is 13.1 Å². The molecule has 1 atom stereocenters. The Morgan fingerprint density at radius 2 is 2.00 bits per heavy atom. The summed E-state index contributed by atoms with van der Waals surface area (Å²) >= 11 is 1.37. The fourth-order valence-electron chi connectivity index (χ4n) is 1.90. The number of hydrogen-bond donors (Lipinski definition) is 1. The van der Waals surface area contributed by atoms with E-state index in [2.05, 4.69) is 5.32 Å². The zero-order valence-electron chi connectivity index (χ0n) is 12.6. The van der Waals surface area contributed by atoms with Crippen LogP contribution in [0.25, 0.3) is 0 Å². The van der Waals surface area contributed by atoms with E-state index < -0.39 is 10.0 Å². The van der Waals surface area contributed by atoms with Crippen molar-refractivity contribution in [2.75, 3.05) is 7.05 Å². The summed E-state index contributed by atoms with van der Waals surface area (Å²) in [4.78, 5) is 1.08. The highest BCUT2D eigenvalue weighted by Crippen LogP contribution is 2.27. The summed E-state index contributed by atoms with van der Waals surface area (Å²) in [5.74, 6) is 0.297. The van der Waals surface area contributed by atoms with Gasteiger partial charge < -0.3 is 5.32 Å². The van der Waals surface area contributed by atoms with E-state index >= 15 is 0 Å². The number of rotatable bonds is 7. The van der Waals surface area contributed by atoms with Crippen molar-refractivity contribution in [3.8, 4) is 0 Å². The molecule has 2 rings (SSSR count). The Hall–Kier alpha value is -0.430. The summed E-state index contributed by atoms with van der Waals surface area (Å²) in [5.41, 5.74) is 0. The van der Waals surface area contributed by atoms with Crippen molar-refractivity contribution in [2.24, 2.45) is 5.92 Å². The number of nitrogens with one attached hydrogen (secondary N) is 1. The summed E-state index contributed by atoms with van der Waals surface area (Å²) in [7, 11) is -1.69. The van der Waals surface area contributed by atoms with Crippen molar-refractivity contribution in [1.82, 2.24) is 9.62 Å². The van der Waals surface area contributed by atoms with E-state index in [4.69, 9.17) is 0 Å². The van der Waals surface area contributed by atoms with Crippen molar-refractivity contribution >= 4 is 21.4 Å². The van der Waals surface area contributed by atoms with Crippen molar-refractivity contribution in [1.29, 1.82) is 0 Å². The third-order valence-corrected chi connectivity index (χ3v) is 7.45. The van der Waals surface area contributed by atoms with E-state index in [-0.39, 0.29) is 6.04 Å². The molecule has 0 spiro atoms. The molecule has 1 aliphatic rings. The minimum atomic E-state index is -3.36. The lowest BCUT2D eigenvalue weighted by Gasteiger charge is -2.26. The monoisotopic (exact) mass is 316 g/mol. The lowest BCUT2D eigenvalue weighted by molar-refractivity contribution is 0.316. The van der Waals surface area contributed by atoms with Crippen molar-refractivity contribution in [3.05, 3.63) is 17.0 Å². The molecule has 114 valence electrons. The molecule has 0 saturated heterocycles. The first-order valence-corrected chi connectivity index (χ1v) is 9.38. The Kier molecular flexibility index (Phi) is 4.89. The molecule has 4 nitrogen and oxygen atoms in total. The van der Waals surface area contributed by atoms with E-state index in [1.807, 2.05) is 26.8 Å². The van der Waals surface area contributed by atoms with Gasteiger partial charge in [-0.2, -0.15) is 4.31 Å². The van der Waals surface area contributed by atoms with E-state index in [0.29, 0.717) is 16.2 Å². The van der Waals surface area contributed by atoms with Gasteiger partial charge in [-0.25, -0.2) is 8.42 Å². The lowest BCUT2D eigenvalue weighted by atomic mass is 10.1. The Morgan fingerprint density at radius 1 is 1.35 bits per heavy atom. The minimum absolute atomic E-state index is 0.00450. The van der Waals surface area contributed by atoms with Gasteiger partial charge in [0, 0.05) is 30.6 Å². The molecule has 1 aromatic rings. The Morgan fingerprint density at radius 3 is 2.55 bits per heavy atom. The van der Waals surface area contributed by atoms with Crippen LogP contribution in [0.3, 0.4) is 0 Å². The summed E-state index contributed by atoms with van der Waals surface area (Å²) in [5, 5.41) is 3.41. The predicted octanol–water partition coefficient (Wildman–Crippen LogP) is 2.67. The molecule has 1 saturated carbocycles. The first-order valence-electron chi connectivity index (χ1n) is 7.12.